The zero-order valence-corrected chi connectivity index (χ0v) is 18.6. The molecular weight excluding hydrogens is 450 g/mol. The fourth-order valence-electron chi connectivity index (χ4n) is 3.51. The van der Waals surface area contributed by atoms with Gasteiger partial charge in [0.15, 0.2) is 11.5 Å². The van der Waals surface area contributed by atoms with E-state index in [1.165, 1.54) is 6.21 Å². The van der Waals surface area contributed by atoms with Gasteiger partial charge in [-0.05, 0) is 37.3 Å². The van der Waals surface area contributed by atoms with Gasteiger partial charge in [0.2, 0.25) is 6.79 Å². The Morgan fingerprint density at radius 2 is 1.77 bits per heavy atom. The molecule has 3 aromatic carbocycles. The molecule has 4 aromatic rings. The number of carbonyl (C=O) groups excluding carboxylic acids is 2. The van der Waals surface area contributed by atoms with E-state index in [9.17, 15) is 9.59 Å². The first kappa shape index (κ1) is 21.9. The van der Waals surface area contributed by atoms with Crippen LogP contribution in [0.4, 0.5) is 0 Å². The number of hydrogen-bond acceptors (Lipinski definition) is 8. The first-order valence-corrected chi connectivity index (χ1v) is 10.7. The van der Waals surface area contributed by atoms with Crippen LogP contribution in [0.1, 0.15) is 32.0 Å². The quantitative estimate of drug-likeness (QED) is 0.193. The molecule has 1 aromatic heterocycles. The summed E-state index contributed by atoms with van der Waals surface area (Å²) in [5.74, 6) is 0.655. The Balaban J connectivity index is 1.30. The number of ether oxygens (including phenoxy) is 3. The topological polar surface area (TPSA) is 112 Å². The van der Waals surface area contributed by atoms with E-state index < -0.39 is 11.9 Å². The molecule has 0 bridgehead atoms. The third-order valence-corrected chi connectivity index (χ3v) is 5.24. The van der Waals surface area contributed by atoms with Gasteiger partial charge < -0.3 is 18.7 Å². The molecule has 0 saturated heterocycles. The Morgan fingerprint density at radius 1 is 1.00 bits per heavy atom. The molecular formula is C26H19N3O6. The Kier molecular flexibility index (Phi) is 5.96. The minimum absolute atomic E-state index is 0.111. The number of esters is 1. The number of nitrogens with one attached hydrogen (secondary N) is 1. The van der Waals surface area contributed by atoms with Gasteiger partial charge in [-0.25, -0.2) is 10.2 Å². The normalized spacial score (nSPS) is 12.0. The van der Waals surface area contributed by atoms with Gasteiger partial charge in [-0.3, -0.25) is 4.79 Å². The van der Waals surface area contributed by atoms with Crippen LogP contribution in [0.5, 0.6) is 17.2 Å². The van der Waals surface area contributed by atoms with Crippen molar-refractivity contribution >= 4 is 18.1 Å². The molecule has 5 rings (SSSR count). The molecule has 1 aliphatic heterocycles. The largest absolute Gasteiger partial charge is 0.454 e. The van der Waals surface area contributed by atoms with E-state index in [0.29, 0.717) is 34.1 Å². The summed E-state index contributed by atoms with van der Waals surface area (Å²) in [5.41, 5.74) is 4.75. The van der Waals surface area contributed by atoms with Crippen molar-refractivity contribution in [1.82, 2.24) is 10.6 Å². The van der Waals surface area contributed by atoms with Crippen LogP contribution in [-0.4, -0.2) is 30.0 Å². The highest BCUT2D eigenvalue weighted by atomic mass is 16.7. The number of nitrogens with zero attached hydrogens (tertiary/aromatic N) is 2. The summed E-state index contributed by atoms with van der Waals surface area (Å²) in [4.78, 5) is 25.5. The molecule has 0 aliphatic carbocycles. The summed E-state index contributed by atoms with van der Waals surface area (Å²) in [6.07, 6.45) is 1.39. The molecule has 1 amide bonds. The first-order chi connectivity index (χ1) is 17.1. The molecule has 2 heterocycles. The number of aryl methyl sites for hydroxylation is 1. The molecule has 174 valence electrons. The van der Waals surface area contributed by atoms with Crippen LogP contribution < -0.4 is 19.6 Å². The molecule has 9 nitrogen and oxygen atoms in total. The van der Waals surface area contributed by atoms with Crippen molar-refractivity contribution in [3.8, 4) is 28.5 Å². The number of para-hydroxylation sites is 1. The molecule has 0 radical (unpaired) electrons. The number of hydrazone groups is 1. The Labute approximate surface area is 199 Å². The number of aromatic nitrogens is 1. The van der Waals surface area contributed by atoms with Crippen LogP contribution in [-0.2, 0) is 0 Å². The lowest BCUT2D eigenvalue weighted by molar-refractivity contribution is 0.0733. The highest BCUT2D eigenvalue weighted by Gasteiger charge is 2.21. The third kappa shape index (κ3) is 4.60. The highest BCUT2D eigenvalue weighted by molar-refractivity contribution is 6.01. The lowest BCUT2D eigenvalue weighted by Crippen LogP contribution is -2.19. The summed E-state index contributed by atoms with van der Waals surface area (Å²) >= 11 is 0. The monoisotopic (exact) mass is 469 g/mol. The SMILES string of the molecule is Cc1onc(-c2ccccc2)c1C(=O)NN=Cc1ccccc1OC(=O)c1ccc2c(c1)OCO2. The first-order valence-electron chi connectivity index (χ1n) is 10.7. The number of rotatable bonds is 6. The van der Waals surface area contributed by atoms with Gasteiger partial charge in [0.25, 0.3) is 5.91 Å². The third-order valence-electron chi connectivity index (χ3n) is 5.24. The van der Waals surface area contributed by atoms with Crippen molar-refractivity contribution in [1.29, 1.82) is 0 Å². The van der Waals surface area contributed by atoms with E-state index in [-0.39, 0.29) is 18.1 Å². The van der Waals surface area contributed by atoms with Crippen LogP contribution in [0.2, 0.25) is 0 Å². The molecule has 35 heavy (non-hydrogen) atoms. The second-order valence-electron chi connectivity index (χ2n) is 7.52. The van der Waals surface area contributed by atoms with Crippen LogP contribution >= 0.6 is 0 Å². The van der Waals surface area contributed by atoms with Crippen molar-refractivity contribution in [3.05, 3.63) is 95.2 Å². The average molecular weight is 469 g/mol. The predicted molar refractivity (Wildman–Crippen MR) is 126 cm³/mol. The molecule has 0 fully saturated rings. The molecule has 9 heteroatoms. The van der Waals surface area contributed by atoms with Gasteiger partial charge in [-0.1, -0.05) is 47.6 Å². The molecule has 0 atom stereocenters. The molecule has 0 saturated carbocycles. The Morgan fingerprint density at radius 3 is 2.63 bits per heavy atom. The van der Waals surface area contributed by atoms with Gasteiger partial charge in [0.1, 0.15) is 22.8 Å². The predicted octanol–water partition coefficient (Wildman–Crippen LogP) is 4.36. The minimum Gasteiger partial charge on any atom is -0.454 e. The van der Waals surface area contributed by atoms with Gasteiger partial charge in [0, 0.05) is 11.1 Å². The van der Waals surface area contributed by atoms with Gasteiger partial charge in [-0.15, -0.1) is 0 Å². The van der Waals surface area contributed by atoms with E-state index in [1.807, 2.05) is 30.3 Å². The Bertz CT molecular complexity index is 1430. The number of fused-ring (bicyclic) bond motifs is 1. The fraction of sp³-hybridized carbons (Fsp3) is 0.0769. The fourth-order valence-corrected chi connectivity index (χ4v) is 3.51. The number of hydrogen-bond donors (Lipinski definition) is 1. The lowest BCUT2D eigenvalue weighted by atomic mass is 10.1. The smallest absolute Gasteiger partial charge is 0.343 e. The summed E-state index contributed by atoms with van der Waals surface area (Å²) < 4.78 is 21.4. The number of amides is 1. The van der Waals surface area contributed by atoms with Crippen molar-refractivity contribution in [2.24, 2.45) is 5.10 Å². The van der Waals surface area contributed by atoms with E-state index >= 15 is 0 Å². The second-order valence-corrected chi connectivity index (χ2v) is 7.52. The number of carbonyl (C=O) groups is 2. The Hall–Kier alpha value is -4.92. The van der Waals surface area contributed by atoms with E-state index in [1.54, 1.807) is 49.4 Å². The molecule has 1 N–H and O–H groups in total. The zero-order valence-electron chi connectivity index (χ0n) is 18.6. The van der Waals surface area contributed by atoms with E-state index in [2.05, 4.69) is 15.7 Å². The van der Waals surface area contributed by atoms with Gasteiger partial charge in [0.05, 0.1) is 11.8 Å². The average Bonchev–Trinajstić information content (AvgIpc) is 3.51. The summed E-state index contributed by atoms with van der Waals surface area (Å²) in [5, 5.41) is 8.05. The summed E-state index contributed by atoms with van der Waals surface area (Å²) in [6, 6.07) is 20.9. The van der Waals surface area contributed by atoms with Crippen LogP contribution in [0.3, 0.4) is 0 Å². The number of benzene rings is 3. The summed E-state index contributed by atoms with van der Waals surface area (Å²) in [7, 11) is 0. The maximum Gasteiger partial charge on any atom is 0.343 e. The van der Waals surface area contributed by atoms with Crippen molar-refractivity contribution in [3.63, 3.8) is 0 Å². The summed E-state index contributed by atoms with van der Waals surface area (Å²) in [6.45, 7) is 1.77. The van der Waals surface area contributed by atoms with Crippen LogP contribution in [0.15, 0.2) is 82.4 Å². The van der Waals surface area contributed by atoms with Crippen LogP contribution in [0, 0.1) is 6.92 Å². The molecule has 0 spiro atoms. The molecule has 1 aliphatic rings. The van der Waals surface area contributed by atoms with Crippen molar-refractivity contribution in [2.75, 3.05) is 6.79 Å². The van der Waals surface area contributed by atoms with Gasteiger partial charge >= 0.3 is 5.97 Å². The van der Waals surface area contributed by atoms with Crippen LogP contribution in [0.25, 0.3) is 11.3 Å². The maximum absolute atomic E-state index is 12.8. The molecule has 0 unspecified atom stereocenters. The van der Waals surface area contributed by atoms with Crippen molar-refractivity contribution < 1.29 is 28.3 Å². The highest BCUT2D eigenvalue weighted by Crippen LogP contribution is 2.33. The maximum atomic E-state index is 12.8. The second kappa shape index (κ2) is 9.52. The van der Waals surface area contributed by atoms with E-state index in [0.717, 1.165) is 5.56 Å². The lowest BCUT2D eigenvalue weighted by Gasteiger charge is -2.08. The van der Waals surface area contributed by atoms with Gasteiger partial charge in [-0.2, -0.15) is 5.10 Å². The van der Waals surface area contributed by atoms with Crippen molar-refractivity contribution in [2.45, 2.75) is 6.92 Å². The minimum atomic E-state index is -0.569. The van der Waals surface area contributed by atoms with E-state index in [4.69, 9.17) is 18.7 Å². The standard InChI is InChI=1S/C26H19N3O6/c1-16-23(24(29-35-16)17-7-3-2-4-8-17)25(30)28-27-14-19-9-5-6-10-20(19)34-26(31)18-11-12-21-22(13-18)33-15-32-21/h2-14H,15H2,1H3,(H,28,30). The zero-order chi connectivity index (χ0) is 24.2.